The van der Waals surface area contributed by atoms with Crippen molar-refractivity contribution in [3.05, 3.63) is 27.7 Å². The molecule has 6 heteroatoms. The summed E-state index contributed by atoms with van der Waals surface area (Å²) in [6.45, 7) is 5.79. The van der Waals surface area contributed by atoms with E-state index in [0.717, 1.165) is 40.9 Å². The van der Waals surface area contributed by atoms with Crippen LogP contribution in [0.3, 0.4) is 0 Å². The van der Waals surface area contributed by atoms with Gasteiger partial charge in [0.1, 0.15) is 11.9 Å². The molecule has 1 unspecified atom stereocenters. The Morgan fingerprint density at radius 1 is 1.43 bits per heavy atom. The topological polar surface area (TPSA) is 55.4 Å². The first kappa shape index (κ1) is 16.8. The van der Waals surface area contributed by atoms with Gasteiger partial charge in [-0.2, -0.15) is 0 Å². The van der Waals surface area contributed by atoms with Crippen LogP contribution in [0.1, 0.15) is 30.9 Å². The molecule has 2 rings (SSSR count). The molecule has 1 heterocycles. The summed E-state index contributed by atoms with van der Waals surface area (Å²) in [5, 5.41) is 3.37. The van der Waals surface area contributed by atoms with E-state index in [1.165, 1.54) is 0 Å². The zero-order chi connectivity index (χ0) is 15.5. The number of nitrogens with one attached hydrogen (secondary N) is 1. The first-order valence-electron chi connectivity index (χ1n) is 7.28. The van der Waals surface area contributed by atoms with Crippen LogP contribution in [-0.4, -0.2) is 32.6 Å². The lowest BCUT2D eigenvalue weighted by Crippen LogP contribution is -2.21. The van der Waals surface area contributed by atoms with Crippen LogP contribution in [-0.2, 0) is 16.4 Å². The summed E-state index contributed by atoms with van der Waals surface area (Å²) >= 11 is 3.51. The Labute approximate surface area is 135 Å². The first-order chi connectivity index (χ1) is 9.91. The number of sulfone groups is 1. The van der Waals surface area contributed by atoms with Crippen LogP contribution >= 0.6 is 15.9 Å². The van der Waals surface area contributed by atoms with Crippen molar-refractivity contribution in [3.8, 4) is 5.75 Å². The highest BCUT2D eigenvalue weighted by Crippen LogP contribution is 2.30. The lowest BCUT2D eigenvalue weighted by molar-refractivity contribution is 0.224. The predicted octanol–water partition coefficient (Wildman–Crippen LogP) is 2.82. The molecule has 0 spiro atoms. The molecule has 1 fully saturated rings. The maximum absolute atomic E-state index is 11.6. The van der Waals surface area contributed by atoms with Gasteiger partial charge in [0.15, 0.2) is 9.84 Å². The zero-order valence-corrected chi connectivity index (χ0v) is 14.9. The molecule has 0 radical (unpaired) electrons. The average molecular weight is 376 g/mol. The van der Waals surface area contributed by atoms with E-state index in [-0.39, 0.29) is 17.6 Å². The molecule has 1 atom stereocenters. The summed E-state index contributed by atoms with van der Waals surface area (Å²) in [4.78, 5) is 0. The number of aryl methyl sites for hydroxylation is 1. The quantitative estimate of drug-likeness (QED) is 0.776. The summed E-state index contributed by atoms with van der Waals surface area (Å²) in [5.41, 5.74) is 2.10. The largest absolute Gasteiger partial charge is 0.489 e. The van der Waals surface area contributed by atoms with E-state index >= 15 is 0 Å². The van der Waals surface area contributed by atoms with Gasteiger partial charge in [-0.3, -0.25) is 0 Å². The number of rotatable bonds is 6. The Morgan fingerprint density at radius 3 is 2.81 bits per heavy atom. The predicted molar refractivity (Wildman–Crippen MR) is 88.6 cm³/mol. The molecule has 0 amide bonds. The maximum Gasteiger partial charge on any atom is 0.154 e. The van der Waals surface area contributed by atoms with Crippen molar-refractivity contribution in [1.29, 1.82) is 0 Å². The van der Waals surface area contributed by atoms with Crippen molar-refractivity contribution >= 4 is 25.8 Å². The monoisotopic (exact) mass is 375 g/mol. The Balaban J connectivity index is 2.16. The van der Waals surface area contributed by atoms with Crippen molar-refractivity contribution in [2.24, 2.45) is 0 Å². The van der Waals surface area contributed by atoms with Crippen LogP contribution in [0.25, 0.3) is 0 Å². The fourth-order valence-electron chi connectivity index (χ4n) is 2.52. The maximum atomic E-state index is 11.6. The van der Waals surface area contributed by atoms with Gasteiger partial charge in [0.05, 0.1) is 11.5 Å². The van der Waals surface area contributed by atoms with Gasteiger partial charge >= 0.3 is 0 Å². The normalized spacial score (nSPS) is 20.6. The van der Waals surface area contributed by atoms with Gasteiger partial charge in [-0.05, 0) is 44.0 Å². The third-order valence-electron chi connectivity index (χ3n) is 3.53. The molecule has 1 N–H and O–H groups in total. The van der Waals surface area contributed by atoms with E-state index in [0.29, 0.717) is 6.42 Å². The third-order valence-corrected chi connectivity index (χ3v) is 5.73. The molecule has 1 saturated heterocycles. The van der Waals surface area contributed by atoms with Crippen LogP contribution in [0.5, 0.6) is 5.75 Å². The SMILES string of the molecule is CCCNCc1cc(Br)cc(C)c1OC1CCS(=O)(=O)C1. The molecule has 0 aliphatic carbocycles. The van der Waals surface area contributed by atoms with Crippen LogP contribution in [0.15, 0.2) is 16.6 Å². The minimum atomic E-state index is -2.92. The first-order valence-corrected chi connectivity index (χ1v) is 9.89. The van der Waals surface area contributed by atoms with Crippen molar-refractivity contribution in [1.82, 2.24) is 5.32 Å². The second-order valence-corrected chi connectivity index (χ2v) is 8.68. The van der Waals surface area contributed by atoms with Gasteiger partial charge in [-0.25, -0.2) is 8.42 Å². The summed E-state index contributed by atoms with van der Waals surface area (Å²) in [6, 6.07) is 4.04. The highest BCUT2D eigenvalue weighted by Gasteiger charge is 2.30. The number of ether oxygens (including phenoxy) is 1. The third kappa shape index (κ3) is 4.69. The van der Waals surface area contributed by atoms with Gasteiger partial charge < -0.3 is 10.1 Å². The fraction of sp³-hybridized carbons (Fsp3) is 0.600. The molecule has 1 aromatic rings. The molecule has 4 nitrogen and oxygen atoms in total. The molecular weight excluding hydrogens is 354 g/mol. The molecule has 1 aromatic carbocycles. The van der Waals surface area contributed by atoms with E-state index in [1.54, 1.807) is 0 Å². The van der Waals surface area contributed by atoms with Crippen molar-refractivity contribution in [3.63, 3.8) is 0 Å². The lowest BCUT2D eigenvalue weighted by atomic mass is 10.1. The van der Waals surface area contributed by atoms with E-state index in [1.807, 2.05) is 19.1 Å². The zero-order valence-electron chi connectivity index (χ0n) is 12.5. The number of benzene rings is 1. The van der Waals surface area contributed by atoms with Gasteiger partial charge in [0.2, 0.25) is 0 Å². The average Bonchev–Trinajstić information content (AvgIpc) is 2.73. The van der Waals surface area contributed by atoms with E-state index in [2.05, 4.69) is 28.2 Å². The van der Waals surface area contributed by atoms with Crippen LogP contribution in [0, 0.1) is 6.92 Å². The Hall–Kier alpha value is -0.590. The highest BCUT2D eigenvalue weighted by molar-refractivity contribution is 9.10. The van der Waals surface area contributed by atoms with Gasteiger partial charge in [0, 0.05) is 16.6 Å². The Kier molecular flexibility index (Phi) is 5.68. The summed E-state index contributed by atoms with van der Waals surface area (Å²) in [6.07, 6.45) is 1.43. The fourth-order valence-corrected chi connectivity index (χ4v) is 4.73. The standard InChI is InChI=1S/C15H22BrNO3S/c1-3-5-17-9-12-8-13(16)7-11(2)15(12)20-14-4-6-21(18,19)10-14/h7-8,14,17H,3-6,9-10H2,1-2H3. The second kappa shape index (κ2) is 7.11. The molecule has 0 bridgehead atoms. The Bertz CT molecular complexity index is 601. The second-order valence-electron chi connectivity index (χ2n) is 5.53. The molecule has 21 heavy (non-hydrogen) atoms. The van der Waals surface area contributed by atoms with Crippen LogP contribution in [0.2, 0.25) is 0 Å². The molecule has 118 valence electrons. The number of halogens is 1. The minimum absolute atomic E-state index is 0.129. The summed E-state index contributed by atoms with van der Waals surface area (Å²) < 4.78 is 30.2. The smallest absolute Gasteiger partial charge is 0.154 e. The molecule has 0 aromatic heterocycles. The van der Waals surface area contributed by atoms with Crippen molar-refractivity contribution in [2.45, 2.75) is 39.3 Å². The van der Waals surface area contributed by atoms with Gasteiger partial charge in [0.25, 0.3) is 0 Å². The highest BCUT2D eigenvalue weighted by atomic mass is 79.9. The summed E-state index contributed by atoms with van der Waals surface area (Å²) in [7, 11) is -2.92. The molecule has 0 saturated carbocycles. The molecular formula is C15H22BrNO3S. The summed E-state index contributed by atoms with van der Waals surface area (Å²) in [5.74, 6) is 1.19. The molecule has 1 aliphatic rings. The van der Waals surface area contributed by atoms with E-state index in [4.69, 9.17) is 4.74 Å². The minimum Gasteiger partial charge on any atom is -0.489 e. The van der Waals surface area contributed by atoms with Crippen molar-refractivity contribution < 1.29 is 13.2 Å². The van der Waals surface area contributed by atoms with E-state index in [9.17, 15) is 8.42 Å². The Morgan fingerprint density at radius 2 is 2.19 bits per heavy atom. The van der Waals surface area contributed by atoms with Crippen LogP contribution < -0.4 is 10.1 Å². The number of hydrogen-bond donors (Lipinski definition) is 1. The van der Waals surface area contributed by atoms with Crippen molar-refractivity contribution in [2.75, 3.05) is 18.1 Å². The van der Waals surface area contributed by atoms with Crippen LogP contribution in [0.4, 0.5) is 0 Å². The van der Waals surface area contributed by atoms with Gasteiger partial charge in [-0.1, -0.05) is 22.9 Å². The van der Waals surface area contributed by atoms with E-state index < -0.39 is 9.84 Å². The lowest BCUT2D eigenvalue weighted by Gasteiger charge is -2.19. The molecule has 1 aliphatic heterocycles. The van der Waals surface area contributed by atoms with Gasteiger partial charge in [-0.15, -0.1) is 0 Å². The number of hydrogen-bond acceptors (Lipinski definition) is 4.